The maximum Gasteiger partial charge on any atom is 0.378 e. The molecule has 1 heterocycles. The predicted molar refractivity (Wildman–Crippen MR) is 80.2 cm³/mol. The summed E-state index contributed by atoms with van der Waals surface area (Å²) < 4.78 is 21.8. The minimum absolute atomic E-state index is 0.0367. The first-order valence-electron chi connectivity index (χ1n) is 6.35. The second-order valence-corrected chi connectivity index (χ2v) is 4.37. The van der Waals surface area contributed by atoms with Crippen molar-refractivity contribution in [1.29, 1.82) is 0 Å². The van der Waals surface area contributed by atoms with Crippen molar-refractivity contribution in [2.75, 3.05) is 6.54 Å². The lowest BCUT2D eigenvalue weighted by Gasteiger charge is -2.10. The van der Waals surface area contributed by atoms with Crippen LogP contribution in [0.3, 0.4) is 0 Å². The van der Waals surface area contributed by atoms with Crippen LogP contribution in [0.4, 0.5) is 4.39 Å². The molecule has 9 heteroatoms. The van der Waals surface area contributed by atoms with Crippen molar-refractivity contribution in [3.05, 3.63) is 48.0 Å². The maximum absolute atomic E-state index is 13.3. The highest BCUT2D eigenvalue weighted by atomic mass is 19.1. The lowest BCUT2D eigenvalue weighted by atomic mass is 10.1. The van der Waals surface area contributed by atoms with Crippen LogP contribution in [0.5, 0.6) is 5.75 Å². The van der Waals surface area contributed by atoms with Crippen LogP contribution in [0, 0.1) is 5.82 Å². The first-order chi connectivity index (χ1) is 11.0. The molecular weight excluding hydrogens is 301 g/mol. The molecule has 4 radical (unpaired) electrons. The van der Waals surface area contributed by atoms with Crippen LogP contribution in [-0.2, 0) is 9.45 Å². The average molecular weight is 310 g/mol. The fraction of sp³-hybridized carbons (Fsp3) is 0.0714. The summed E-state index contributed by atoms with van der Waals surface area (Å²) in [5.41, 5.74) is 0.898. The molecule has 1 aromatic heterocycles. The molecule has 0 unspecified atom stereocenters. The molecule has 0 saturated heterocycles. The number of nitrogens with zero attached hydrogens (tertiary/aromatic N) is 1. The zero-order chi connectivity index (χ0) is 16.8. The average Bonchev–Trinajstić information content (AvgIpc) is 2.58. The van der Waals surface area contributed by atoms with Gasteiger partial charge in [0.15, 0.2) is 5.69 Å². The van der Waals surface area contributed by atoms with Crippen molar-refractivity contribution in [2.45, 2.75) is 0 Å². The predicted octanol–water partition coefficient (Wildman–Crippen LogP) is 0.706. The molecule has 112 valence electrons. The molecule has 2 rings (SSSR count). The molecule has 0 saturated carbocycles. The van der Waals surface area contributed by atoms with Crippen LogP contribution in [0.1, 0.15) is 10.5 Å². The van der Waals surface area contributed by atoms with Gasteiger partial charge < -0.3 is 14.6 Å². The molecule has 1 aromatic carbocycles. The number of rotatable bonds is 5. The lowest BCUT2D eigenvalue weighted by Crippen LogP contribution is -2.31. The highest BCUT2D eigenvalue weighted by Crippen LogP contribution is 2.25. The molecule has 1 N–H and O–H groups in total. The molecule has 0 aliphatic rings. The van der Waals surface area contributed by atoms with Gasteiger partial charge in [-0.2, -0.15) is 0 Å². The Balaban J connectivity index is 2.26. The topological polar surface area (TPSA) is 77.5 Å². The minimum Gasteiger partial charge on any atom is -0.566 e. The molecule has 0 aliphatic heterocycles. The summed E-state index contributed by atoms with van der Waals surface area (Å²) >= 11 is 0. The quantitative estimate of drug-likeness (QED) is 0.823. The van der Waals surface area contributed by atoms with Gasteiger partial charge in [0.25, 0.3) is 5.91 Å². The Hall–Kier alpha value is -2.83. The first-order valence-corrected chi connectivity index (χ1v) is 6.35. The summed E-state index contributed by atoms with van der Waals surface area (Å²) in [7, 11) is 9.80. The number of carbonyl (C=O) groups excluding carboxylic acids is 2. The van der Waals surface area contributed by atoms with Crippen molar-refractivity contribution in [1.82, 2.24) is 10.3 Å². The van der Waals surface area contributed by atoms with Crippen LogP contribution >= 0.6 is 0 Å². The standard InChI is InChI=1S/C14H9B2FN2O4/c15-22-11-5-9(8-2-1-3-10(17)4-8)6-18-13(11)14(21)19-7-12(20)23-16/h1-6H,7H2,(H,19,21). The third-order valence-electron chi connectivity index (χ3n) is 2.88. The number of pyridine rings is 1. The van der Waals surface area contributed by atoms with Gasteiger partial charge in [0, 0.05) is 11.8 Å². The van der Waals surface area contributed by atoms with E-state index in [0.717, 1.165) is 0 Å². The lowest BCUT2D eigenvalue weighted by molar-refractivity contribution is -0.132. The Kier molecular flexibility index (Phi) is 5.35. The minimum atomic E-state index is -0.829. The van der Waals surface area contributed by atoms with Gasteiger partial charge in [-0.05, 0) is 23.8 Å². The van der Waals surface area contributed by atoms with Gasteiger partial charge in [0.1, 0.15) is 18.1 Å². The van der Waals surface area contributed by atoms with E-state index in [0.29, 0.717) is 11.1 Å². The van der Waals surface area contributed by atoms with Crippen molar-refractivity contribution in [3.8, 4) is 16.9 Å². The van der Waals surface area contributed by atoms with Crippen LogP contribution in [-0.4, -0.2) is 39.5 Å². The van der Waals surface area contributed by atoms with Gasteiger partial charge >= 0.3 is 22.1 Å². The Bertz CT molecular complexity index is 742. The van der Waals surface area contributed by atoms with Gasteiger partial charge in [-0.15, -0.1) is 0 Å². The van der Waals surface area contributed by atoms with E-state index in [1.165, 1.54) is 30.5 Å². The highest BCUT2D eigenvalue weighted by Gasteiger charge is 2.16. The van der Waals surface area contributed by atoms with Crippen LogP contribution in [0.2, 0.25) is 0 Å². The number of hydrogen-bond acceptors (Lipinski definition) is 5. The third kappa shape index (κ3) is 4.09. The second-order valence-electron chi connectivity index (χ2n) is 4.37. The molecular formula is C14H9B2FN2O4. The molecule has 0 aliphatic carbocycles. The van der Waals surface area contributed by atoms with E-state index in [1.807, 2.05) is 0 Å². The van der Waals surface area contributed by atoms with Gasteiger partial charge in [0.05, 0.1) is 0 Å². The van der Waals surface area contributed by atoms with E-state index in [2.05, 4.69) is 27.7 Å². The van der Waals surface area contributed by atoms with E-state index in [9.17, 15) is 14.0 Å². The summed E-state index contributed by atoms with van der Waals surface area (Å²) in [6.07, 6.45) is 1.35. The summed E-state index contributed by atoms with van der Waals surface area (Å²) in [5.74, 6) is -1.99. The second kappa shape index (κ2) is 7.44. The zero-order valence-electron chi connectivity index (χ0n) is 11.8. The Morgan fingerprint density at radius 3 is 2.65 bits per heavy atom. The third-order valence-corrected chi connectivity index (χ3v) is 2.88. The fourth-order valence-corrected chi connectivity index (χ4v) is 1.81. The van der Waals surface area contributed by atoms with E-state index in [1.54, 1.807) is 6.07 Å². The van der Waals surface area contributed by atoms with E-state index >= 15 is 0 Å². The zero-order valence-corrected chi connectivity index (χ0v) is 11.8. The van der Waals surface area contributed by atoms with Gasteiger partial charge in [0.2, 0.25) is 0 Å². The smallest absolute Gasteiger partial charge is 0.378 e. The number of carbonyl (C=O) groups is 2. The Morgan fingerprint density at radius 2 is 2.00 bits per heavy atom. The van der Waals surface area contributed by atoms with E-state index < -0.39 is 24.2 Å². The molecule has 0 atom stereocenters. The molecule has 0 bridgehead atoms. The van der Waals surface area contributed by atoms with E-state index in [4.69, 9.17) is 8.05 Å². The molecule has 0 spiro atoms. The SMILES string of the molecule is [B]OC(=O)CNC(=O)c1ncc(-c2cccc(F)c2)cc1O[B]. The number of hydrogen-bond donors (Lipinski definition) is 1. The summed E-state index contributed by atoms with van der Waals surface area (Å²) in [4.78, 5) is 26.8. The van der Waals surface area contributed by atoms with Crippen molar-refractivity contribution < 1.29 is 23.3 Å². The van der Waals surface area contributed by atoms with Crippen molar-refractivity contribution >= 4 is 28.0 Å². The van der Waals surface area contributed by atoms with Gasteiger partial charge in [-0.25, -0.2) is 9.37 Å². The van der Waals surface area contributed by atoms with Gasteiger partial charge in [-0.3, -0.25) is 9.59 Å². The van der Waals surface area contributed by atoms with Crippen LogP contribution in [0.25, 0.3) is 11.1 Å². The number of aromatic nitrogens is 1. The molecule has 6 nitrogen and oxygen atoms in total. The monoisotopic (exact) mass is 310 g/mol. The summed E-state index contributed by atoms with van der Waals surface area (Å²) in [5, 5.41) is 2.24. The van der Waals surface area contributed by atoms with Crippen LogP contribution in [0.15, 0.2) is 36.5 Å². The Labute approximate surface area is 133 Å². The molecule has 1 amide bonds. The van der Waals surface area contributed by atoms with Gasteiger partial charge in [-0.1, -0.05) is 12.1 Å². The number of nitrogens with one attached hydrogen (secondary N) is 1. The molecule has 0 fully saturated rings. The van der Waals surface area contributed by atoms with Crippen molar-refractivity contribution in [2.24, 2.45) is 0 Å². The number of amides is 1. The van der Waals surface area contributed by atoms with Crippen LogP contribution < -0.4 is 9.97 Å². The maximum atomic E-state index is 13.3. The normalized spacial score (nSPS) is 9.96. The molecule has 23 heavy (non-hydrogen) atoms. The van der Waals surface area contributed by atoms with E-state index in [-0.39, 0.29) is 11.4 Å². The first kappa shape index (κ1) is 16.5. The number of benzene rings is 1. The Morgan fingerprint density at radius 1 is 1.22 bits per heavy atom. The molecule has 2 aromatic rings. The summed E-state index contributed by atoms with van der Waals surface area (Å²) in [6, 6.07) is 7.23. The number of halogens is 1. The highest BCUT2D eigenvalue weighted by molar-refractivity contribution is 6.06. The largest absolute Gasteiger partial charge is 0.566 e. The summed E-state index contributed by atoms with van der Waals surface area (Å²) in [6.45, 7) is -0.438. The van der Waals surface area contributed by atoms with Crippen molar-refractivity contribution in [3.63, 3.8) is 0 Å². The fourth-order valence-electron chi connectivity index (χ4n) is 1.81.